The molecule has 0 aliphatic carbocycles. The molecule has 0 aliphatic rings. The molecule has 138 valence electrons. The van der Waals surface area contributed by atoms with Gasteiger partial charge in [-0.3, -0.25) is 0 Å². The van der Waals surface area contributed by atoms with Gasteiger partial charge in [0.1, 0.15) is 11.6 Å². The number of benzene rings is 1. The minimum atomic E-state index is -0.199. The summed E-state index contributed by atoms with van der Waals surface area (Å²) in [4.78, 5) is 4.61. The Labute approximate surface area is 170 Å². The topological polar surface area (TPSA) is 49.6 Å². The van der Waals surface area contributed by atoms with Gasteiger partial charge >= 0.3 is 0 Å². The molecule has 0 aliphatic heterocycles. The van der Waals surface area contributed by atoms with E-state index in [1.165, 1.54) is 6.07 Å². The number of nitrogens with one attached hydrogen (secondary N) is 2. The third-order valence-electron chi connectivity index (χ3n) is 3.46. The predicted octanol–water partition coefficient (Wildman–Crippen LogP) is 4.20. The Kier molecular flexibility index (Phi) is 10.6. The summed E-state index contributed by atoms with van der Waals surface area (Å²) in [5, 5.41) is 6.52. The zero-order chi connectivity index (χ0) is 17.2. The molecule has 0 fully saturated rings. The number of rotatable bonds is 8. The number of hydrogen-bond acceptors (Lipinski definition) is 3. The quantitative estimate of drug-likeness (QED) is 0.340. The van der Waals surface area contributed by atoms with Gasteiger partial charge < -0.3 is 15.1 Å². The number of furan rings is 1. The normalized spacial score (nSPS) is 11.1. The summed E-state index contributed by atoms with van der Waals surface area (Å²) in [6.45, 7) is 4.07. The van der Waals surface area contributed by atoms with Crippen molar-refractivity contribution in [2.45, 2.75) is 25.6 Å². The molecule has 25 heavy (non-hydrogen) atoms. The fourth-order valence-electron chi connectivity index (χ4n) is 2.30. The van der Waals surface area contributed by atoms with Crippen molar-refractivity contribution in [1.82, 2.24) is 10.6 Å². The first-order valence-electron chi connectivity index (χ1n) is 8.03. The van der Waals surface area contributed by atoms with Gasteiger partial charge in [0.2, 0.25) is 0 Å². The van der Waals surface area contributed by atoms with Crippen molar-refractivity contribution >= 4 is 41.7 Å². The van der Waals surface area contributed by atoms with Crippen LogP contribution in [0.25, 0.3) is 0 Å². The fourth-order valence-corrected chi connectivity index (χ4v) is 2.88. The fraction of sp³-hybridized carbons (Fsp3) is 0.389. The van der Waals surface area contributed by atoms with E-state index in [0.29, 0.717) is 6.54 Å². The van der Waals surface area contributed by atoms with Crippen LogP contribution in [0.3, 0.4) is 0 Å². The van der Waals surface area contributed by atoms with E-state index in [1.54, 1.807) is 24.1 Å². The summed E-state index contributed by atoms with van der Waals surface area (Å²) < 4.78 is 18.7. The first kappa shape index (κ1) is 21.8. The van der Waals surface area contributed by atoms with Crippen LogP contribution in [0.2, 0.25) is 0 Å². The maximum atomic E-state index is 13.4. The first-order valence-corrected chi connectivity index (χ1v) is 9.43. The smallest absolute Gasteiger partial charge is 0.191 e. The Hall–Kier alpha value is -1.22. The Morgan fingerprint density at radius 1 is 1.24 bits per heavy atom. The van der Waals surface area contributed by atoms with Gasteiger partial charge in [0.25, 0.3) is 0 Å². The average Bonchev–Trinajstić information content (AvgIpc) is 3.07. The van der Waals surface area contributed by atoms with Crippen molar-refractivity contribution in [3.63, 3.8) is 0 Å². The molecule has 2 rings (SSSR count). The highest BCUT2D eigenvalue weighted by Gasteiger charge is 2.05. The van der Waals surface area contributed by atoms with Crippen LogP contribution < -0.4 is 10.6 Å². The van der Waals surface area contributed by atoms with Crippen molar-refractivity contribution in [2.75, 3.05) is 19.3 Å². The monoisotopic (exact) mass is 477 g/mol. The third kappa shape index (κ3) is 7.68. The number of guanidine groups is 1. The van der Waals surface area contributed by atoms with Crippen LogP contribution in [0, 0.1) is 5.82 Å². The van der Waals surface area contributed by atoms with Crippen LogP contribution in [-0.4, -0.2) is 25.3 Å². The Morgan fingerprint density at radius 2 is 2.08 bits per heavy atom. The molecule has 0 bridgehead atoms. The molecule has 0 spiro atoms. The number of hydrogen-bond donors (Lipinski definition) is 2. The van der Waals surface area contributed by atoms with E-state index in [0.717, 1.165) is 48.1 Å². The van der Waals surface area contributed by atoms with Crippen molar-refractivity contribution in [1.29, 1.82) is 0 Å². The summed E-state index contributed by atoms with van der Waals surface area (Å²) >= 11 is 1.68. The number of nitrogens with zero attached hydrogens (tertiary/aromatic N) is 1. The van der Waals surface area contributed by atoms with Crippen LogP contribution >= 0.6 is 35.7 Å². The lowest BCUT2D eigenvalue weighted by Gasteiger charge is -2.12. The third-order valence-corrected chi connectivity index (χ3v) is 4.06. The molecule has 1 aromatic heterocycles. The second-order valence-electron chi connectivity index (χ2n) is 5.30. The number of thioether (sulfide) groups is 1. The summed E-state index contributed by atoms with van der Waals surface area (Å²) in [7, 11) is 0. The molecule has 0 atom stereocenters. The molecule has 1 heterocycles. The lowest BCUT2D eigenvalue weighted by molar-refractivity contribution is 0.507. The summed E-state index contributed by atoms with van der Waals surface area (Å²) in [6, 6.07) is 8.75. The van der Waals surface area contributed by atoms with E-state index in [-0.39, 0.29) is 29.8 Å². The van der Waals surface area contributed by atoms with Crippen molar-refractivity contribution in [3.05, 3.63) is 59.3 Å². The molecule has 1 aromatic carbocycles. The lowest BCUT2D eigenvalue weighted by Crippen LogP contribution is -2.38. The Morgan fingerprint density at radius 3 is 2.76 bits per heavy atom. The van der Waals surface area contributed by atoms with E-state index >= 15 is 0 Å². The van der Waals surface area contributed by atoms with Crippen LogP contribution in [0.15, 0.2) is 46.0 Å². The van der Waals surface area contributed by atoms with Gasteiger partial charge in [0, 0.05) is 25.3 Å². The molecular formula is C18H25FIN3OS. The van der Waals surface area contributed by atoms with Crippen LogP contribution in [0.1, 0.15) is 23.8 Å². The SMILES string of the molecule is CCNC(=NCc1ccc(F)cc1CSC)NCCc1ccco1.I. The molecule has 2 N–H and O–H groups in total. The first-order chi connectivity index (χ1) is 11.7. The maximum Gasteiger partial charge on any atom is 0.191 e. The van der Waals surface area contributed by atoms with Gasteiger partial charge in [-0.2, -0.15) is 11.8 Å². The van der Waals surface area contributed by atoms with E-state index < -0.39 is 0 Å². The Bertz CT molecular complexity index is 650. The van der Waals surface area contributed by atoms with Crippen LogP contribution in [0.4, 0.5) is 4.39 Å². The lowest BCUT2D eigenvalue weighted by atomic mass is 10.1. The van der Waals surface area contributed by atoms with Crippen LogP contribution in [0.5, 0.6) is 0 Å². The largest absolute Gasteiger partial charge is 0.469 e. The minimum absolute atomic E-state index is 0. The second kappa shape index (κ2) is 12.2. The van der Waals surface area contributed by atoms with Gasteiger partial charge in [-0.25, -0.2) is 9.38 Å². The summed E-state index contributed by atoms with van der Waals surface area (Å²) in [5.74, 6) is 2.28. The second-order valence-corrected chi connectivity index (χ2v) is 6.16. The van der Waals surface area contributed by atoms with Gasteiger partial charge in [-0.05, 0) is 48.6 Å². The predicted molar refractivity (Wildman–Crippen MR) is 114 cm³/mol. The zero-order valence-electron chi connectivity index (χ0n) is 14.5. The molecule has 0 unspecified atom stereocenters. The highest BCUT2D eigenvalue weighted by molar-refractivity contribution is 14.0. The number of aliphatic imine (C=N–C) groups is 1. The maximum absolute atomic E-state index is 13.4. The van der Waals surface area contributed by atoms with Crippen molar-refractivity contribution in [3.8, 4) is 0 Å². The highest BCUT2D eigenvalue weighted by atomic mass is 127. The van der Waals surface area contributed by atoms with Gasteiger partial charge in [0.15, 0.2) is 5.96 Å². The number of halogens is 2. The van der Waals surface area contributed by atoms with E-state index in [1.807, 2.05) is 31.4 Å². The van der Waals surface area contributed by atoms with Gasteiger partial charge in [-0.1, -0.05) is 6.07 Å². The van der Waals surface area contributed by atoms with Crippen molar-refractivity contribution < 1.29 is 8.81 Å². The van der Waals surface area contributed by atoms with Crippen LogP contribution in [-0.2, 0) is 18.7 Å². The summed E-state index contributed by atoms with van der Waals surface area (Å²) in [6.07, 6.45) is 4.49. The molecule has 2 aromatic rings. The molecular weight excluding hydrogens is 452 g/mol. The molecule has 0 radical (unpaired) electrons. The van der Waals surface area contributed by atoms with E-state index in [9.17, 15) is 4.39 Å². The standard InChI is InChI=1S/C18H24FN3OS.HI/c1-3-20-18(21-9-8-17-5-4-10-23-17)22-12-14-6-7-16(19)11-15(14)13-24-2;/h4-7,10-11H,3,8-9,12-13H2,1-2H3,(H2,20,21,22);1H. The van der Waals surface area contributed by atoms with E-state index in [2.05, 4.69) is 15.6 Å². The molecule has 0 saturated heterocycles. The molecule has 0 saturated carbocycles. The van der Waals surface area contributed by atoms with E-state index in [4.69, 9.17) is 4.42 Å². The molecule has 7 heteroatoms. The molecule has 4 nitrogen and oxygen atoms in total. The summed E-state index contributed by atoms with van der Waals surface area (Å²) in [5.41, 5.74) is 2.05. The van der Waals surface area contributed by atoms with Gasteiger partial charge in [-0.15, -0.1) is 24.0 Å². The Balaban J connectivity index is 0.00000312. The van der Waals surface area contributed by atoms with Crippen molar-refractivity contribution in [2.24, 2.45) is 4.99 Å². The zero-order valence-corrected chi connectivity index (χ0v) is 17.7. The van der Waals surface area contributed by atoms with Gasteiger partial charge in [0.05, 0.1) is 12.8 Å². The average molecular weight is 477 g/mol. The highest BCUT2D eigenvalue weighted by Crippen LogP contribution is 2.17. The minimum Gasteiger partial charge on any atom is -0.469 e. The molecule has 0 amide bonds.